The van der Waals surface area contributed by atoms with E-state index in [0.29, 0.717) is 32.4 Å². The normalized spacial score (nSPS) is 12.0. The summed E-state index contributed by atoms with van der Waals surface area (Å²) in [5, 5.41) is 13.3. The van der Waals surface area contributed by atoms with Crippen molar-refractivity contribution in [1.29, 1.82) is 5.26 Å². The second-order valence-electron chi connectivity index (χ2n) is 7.00. The zero-order chi connectivity index (χ0) is 23.1. The molecule has 1 atom stereocenters. The predicted octanol–water partition coefficient (Wildman–Crippen LogP) is 7.12. The number of benzene rings is 3. The topological polar surface area (TPSA) is 62.1 Å². The summed E-state index contributed by atoms with van der Waals surface area (Å²) in [4.78, 5) is 12.6. The minimum atomic E-state index is -0.431. The third-order valence-corrected chi connectivity index (χ3v) is 6.02. The van der Waals surface area contributed by atoms with Crippen LogP contribution < -0.4 is 10.1 Å². The van der Waals surface area contributed by atoms with Crippen LogP contribution in [0.15, 0.2) is 76.8 Å². The number of carbonyl (C=O) groups is 1. The van der Waals surface area contributed by atoms with Crippen LogP contribution in [0, 0.1) is 11.3 Å². The van der Waals surface area contributed by atoms with E-state index in [1.165, 1.54) is 0 Å². The molecule has 0 aliphatic heterocycles. The summed E-state index contributed by atoms with van der Waals surface area (Å²) < 4.78 is 6.54. The summed E-state index contributed by atoms with van der Waals surface area (Å²) in [6, 6.07) is 22.0. The second kappa shape index (κ2) is 11.2. The maximum Gasteiger partial charge on any atom is 0.262 e. The molecule has 0 aromatic heterocycles. The Balaban J connectivity index is 1.68. The highest BCUT2D eigenvalue weighted by Crippen LogP contribution is 2.29. The molecule has 3 aromatic rings. The molecule has 1 N–H and O–H groups in total. The average molecular weight is 530 g/mol. The van der Waals surface area contributed by atoms with E-state index in [-0.39, 0.29) is 11.6 Å². The van der Waals surface area contributed by atoms with Crippen molar-refractivity contribution in [2.75, 3.05) is 0 Å². The molecule has 0 aliphatic rings. The number of ether oxygens (including phenoxy) is 1. The third-order valence-electron chi connectivity index (χ3n) is 4.66. The van der Waals surface area contributed by atoms with Gasteiger partial charge in [0.05, 0.1) is 20.6 Å². The molecule has 0 saturated heterocycles. The molecule has 162 valence electrons. The molecule has 1 amide bonds. The van der Waals surface area contributed by atoms with Crippen molar-refractivity contribution in [3.8, 4) is 11.8 Å². The van der Waals surface area contributed by atoms with E-state index in [9.17, 15) is 10.1 Å². The lowest BCUT2D eigenvalue weighted by molar-refractivity contribution is -0.117. The molecule has 0 saturated carbocycles. The lowest BCUT2D eigenvalue weighted by atomic mass is 10.1. The quantitative estimate of drug-likeness (QED) is 0.262. The van der Waals surface area contributed by atoms with Crippen LogP contribution in [0.3, 0.4) is 0 Å². The van der Waals surface area contributed by atoms with Crippen LogP contribution in [0.25, 0.3) is 6.08 Å². The molecule has 0 spiro atoms. The van der Waals surface area contributed by atoms with Gasteiger partial charge in [0.15, 0.2) is 0 Å². The number of hydrogen-bond acceptors (Lipinski definition) is 3. The van der Waals surface area contributed by atoms with E-state index in [1.54, 1.807) is 36.4 Å². The van der Waals surface area contributed by atoms with Gasteiger partial charge in [-0.25, -0.2) is 0 Å². The fourth-order valence-electron chi connectivity index (χ4n) is 2.93. The van der Waals surface area contributed by atoms with Gasteiger partial charge in [0.2, 0.25) is 0 Å². The van der Waals surface area contributed by atoms with Gasteiger partial charge in [-0.3, -0.25) is 4.79 Å². The number of amides is 1. The first-order valence-corrected chi connectivity index (χ1v) is 11.3. The van der Waals surface area contributed by atoms with E-state index >= 15 is 0 Å². The van der Waals surface area contributed by atoms with Crippen molar-refractivity contribution < 1.29 is 9.53 Å². The molecule has 0 radical (unpaired) electrons. The third kappa shape index (κ3) is 6.37. The fraction of sp³-hybridized carbons (Fsp3) is 0.120. The lowest BCUT2D eigenvalue weighted by Crippen LogP contribution is -2.27. The number of carbonyl (C=O) groups excluding carboxylic acids is 1. The predicted molar refractivity (Wildman–Crippen MR) is 132 cm³/mol. The van der Waals surface area contributed by atoms with Crippen LogP contribution in [0.4, 0.5) is 0 Å². The Bertz CT molecular complexity index is 1190. The number of nitrogens with zero attached hydrogens (tertiary/aromatic N) is 1. The van der Waals surface area contributed by atoms with E-state index < -0.39 is 5.91 Å². The van der Waals surface area contributed by atoms with Gasteiger partial charge in [-0.05, 0) is 69.9 Å². The molecule has 3 rings (SSSR count). The Morgan fingerprint density at radius 3 is 2.53 bits per heavy atom. The average Bonchev–Trinajstić information content (AvgIpc) is 2.79. The van der Waals surface area contributed by atoms with Gasteiger partial charge in [-0.1, -0.05) is 65.7 Å². The van der Waals surface area contributed by atoms with Crippen LogP contribution in [-0.2, 0) is 11.4 Å². The summed E-state index contributed by atoms with van der Waals surface area (Å²) >= 11 is 15.5. The van der Waals surface area contributed by atoms with Crippen molar-refractivity contribution in [2.24, 2.45) is 0 Å². The maximum atomic E-state index is 12.6. The first-order valence-electron chi connectivity index (χ1n) is 9.71. The highest BCUT2D eigenvalue weighted by molar-refractivity contribution is 9.10. The lowest BCUT2D eigenvalue weighted by Gasteiger charge is -2.14. The van der Waals surface area contributed by atoms with Gasteiger partial charge in [0, 0.05) is 0 Å². The first-order chi connectivity index (χ1) is 15.4. The van der Waals surface area contributed by atoms with Crippen LogP contribution in [-0.4, -0.2) is 5.91 Å². The molecule has 4 nitrogen and oxygen atoms in total. The zero-order valence-electron chi connectivity index (χ0n) is 17.1. The zero-order valence-corrected chi connectivity index (χ0v) is 20.2. The van der Waals surface area contributed by atoms with Crippen LogP contribution in [0.2, 0.25) is 10.0 Å². The Hall–Kier alpha value is -2.78. The molecule has 0 aliphatic carbocycles. The Kier molecular flexibility index (Phi) is 8.35. The minimum Gasteiger partial charge on any atom is -0.488 e. The van der Waals surface area contributed by atoms with Gasteiger partial charge in [0.1, 0.15) is 24.0 Å². The minimum absolute atomic E-state index is 0.0177. The summed E-state index contributed by atoms with van der Waals surface area (Å²) in [7, 11) is 0. The van der Waals surface area contributed by atoms with Crippen molar-refractivity contribution in [3.05, 3.63) is 104 Å². The summed E-state index contributed by atoms with van der Waals surface area (Å²) in [5.74, 6) is 0.189. The molecule has 0 fully saturated rings. The molecule has 32 heavy (non-hydrogen) atoms. The van der Waals surface area contributed by atoms with Crippen molar-refractivity contribution in [1.82, 2.24) is 5.32 Å². The van der Waals surface area contributed by atoms with E-state index in [4.69, 9.17) is 27.9 Å². The standard InChI is InChI=1S/C25H19BrCl2N2O2/c1-16(19-5-3-2-4-6-19)30-25(31)20(14-29)11-17-8-10-24(21(26)12-17)32-15-18-7-9-22(27)23(28)13-18/h2-13,16H,15H2,1H3,(H,30,31)/b20-11-/t16-/m0/s1. The molecule has 7 heteroatoms. The smallest absolute Gasteiger partial charge is 0.262 e. The molecule has 0 unspecified atom stereocenters. The molecule has 0 bridgehead atoms. The highest BCUT2D eigenvalue weighted by Gasteiger charge is 2.14. The van der Waals surface area contributed by atoms with Crippen molar-refractivity contribution in [2.45, 2.75) is 19.6 Å². The monoisotopic (exact) mass is 528 g/mol. The van der Waals surface area contributed by atoms with Crippen LogP contribution >= 0.6 is 39.1 Å². The largest absolute Gasteiger partial charge is 0.488 e. The summed E-state index contributed by atoms with van der Waals surface area (Å²) in [6.45, 7) is 2.19. The van der Waals surface area contributed by atoms with Gasteiger partial charge in [-0.15, -0.1) is 0 Å². The fourth-order valence-corrected chi connectivity index (χ4v) is 3.76. The highest BCUT2D eigenvalue weighted by atomic mass is 79.9. The molecule has 3 aromatic carbocycles. The van der Waals surface area contributed by atoms with E-state index in [2.05, 4.69) is 21.2 Å². The maximum absolute atomic E-state index is 12.6. The van der Waals surface area contributed by atoms with E-state index in [0.717, 1.165) is 11.1 Å². The number of halogens is 3. The molecular formula is C25H19BrCl2N2O2. The van der Waals surface area contributed by atoms with Gasteiger partial charge >= 0.3 is 0 Å². The number of rotatable bonds is 7. The molecular weight excluding hydrogens is 511 g/mol. The second-order valence-corrected chi connectivity index (χ2v) is 8.67. The SMILES string of the molecule is C[C@H](NC(=O)/C(C#N)=C\c1ccc(OCc2ccc(Cl)c(Cl)c2)c(Br)c1)c1ccccc1. The summed E-state index contributed by atoms with van der Waals surface area (Å²) in [5.41, 5.74) is 2.55. The number of hydrogen-bond donors (Lipinski definition) is 1. The molecule has 0 heterocycles. The first kappa shape index (κ1) is 23.9. The number of nitriles is 1. The van der Waals surface area contributed by atoms with Crippen LogP contribution in [0.5, 0.6) is 5.75 Å². The van der Waals surface area contributed by atoms with E-state index in [1.807, 2.05) is 49.4 Å². The Labute approximate surface area is 205 Å². The van der Waals surface area contributed by atoms with Gasteiger partial charge in [0.25, 0.3) is 5.91 Å². The summed E-state index contributed by atoms with van der Waals surface area (Å²) in [6.07, 6.45) is 1.54. The van der Waals surface area contributed by atoms with Crippen molar-refractivity contribution in [3.63, 3.8) is 0 Å². The Morgan fingerprint density at radius 1 is 1.12 bits per heavy atom. The number of nitrogens with one attached hydrogen (secondary N) is 1. The van der Waals surface area contributed by atoms with Gasteiger partial charge in [-0.2, -0.15) is 5.26 Å². The van der Waals surface area contributed by atoms with Crippen molar-refractivity contribution >= 4 is 51.1 Å². The van der Waals surface area contributed by atoms with Crippen LogP contribution in [0.1, 0.15) is 29.7 Å². The Morgan fingerprint density at radius 2 is 1.88 bits per heavy atom. The van der Waals surface area contributed by atoms with Gasteiger partial charge < -0.3 is 10.1 Å².